The normalized spacial score (nSPS) is 19.5. The zero-order valence-electron chi connectivity index (χ0n) is 14.7. The summed E-state index contributed by atoms with van der Waals surface area (Å²) in [5, 5.41) is 15.8. The number of hydrogen-bond donors (Lipinski definition) is 3. The molecular formula is C19H25N3O3. The van der Waals surface area contributed by atoms with Crippen molar-refractivity contribution >= 4 is 17.4 Å². The van der Waals surface area contributed by atoms with Crippen LogP contribution in [0.5, 0.6) is 0 Å². The van der Waals surface area contributed by atoms with Crippen LogP contribution in [0.15, 0.2) is 47.1 Å². The highest BCUT2D eigenvalue weighted by Gasteiger charge is 2.26. The molecule has 1 aliphatic heterocycles. The molecule has 25 heavy (non-hydrogen) atoms. The van der Waals surface area contributed by atoms with Gasteiger partial charge in [0.25, 0.3) is 0 Å². The van der Waals surface area contributed by atoms with Crippen LogP contribution in [0.3, 0.4) is 0 Å². The van der Waals surface area contributed by atoms with Crippen LogP contribution < -0.4 is 15.5 Å². The monoisotopic (exact) mass is 343 g/mol. The molecule has 2 amide bonds. The Morgan fingerprint density at radius 1 is 1.36 bits per heavy atom. The van der Waals surface area contributed by atoms with Crippen LogP contribution >= 0.6 is 0 Å². The molecule has 2 heterocycles. The van der Waals surface area contributed by atoms with Crippen LogP contribution in [0, 0.1) is 5.92 Å². The van der Waals surface area contributed by atoms with E-state index in [1.807, 2.05) is 24.3 Å². The Balaban J connectivity index is 1.51. The predicted octanol–water partition coefficient (Wildman–Crippen LogP) is 3.16. The number of amides is 2. The Labute approximate surface area is 147 Å². The Morgan fingerprint density at radius 3 is 2.72 bits per heavy atom. The molecule has 6 nitrogen and oxygen atoms in total. The molecule has 1 fully saturated rings. The fourth-order valence-corrected chi connectivity index (χ4v) is 3.02. The van der Waals surface area contributed by atoms with Crippen molar-refractivity contribution < 1.29 is 14.3 Å². The lowest BCUT2D eigenvalue weighted by Crippen LogP contribution is -2.40. The molecule has 1 aromatic heterocycles. The minimum Gasteiger partial charge on any atom is -0.466 e. The number of carbonyl (C=O) groups is 1. The average molecular weight is 343 g/mol. The summed E-state index contributed by atoms with van der Waals surface area (Å²) >= 11 is 0. The molecule has 0 bridgehead atoms. The van der Waals surface area contributed by atoms with Crippen LogP contribution in [0.1, 0.15) is 26.0 Å². The van der Waals surface area contributed by atoms with Crippen molar-refractivity contribution in [2.45, 2.75) is 25.9 Å². The Kier molecular flexibility index (Phi) is 4.99. The van der Waals surface area contributed by atoms with Crippen molar-refractivity contribution in [1.82, 2.24) is 5.32 Å². The first kappa shape index (κ1) is 17.4. The van der Waals surface area contributed by atoms with Crippen LogP contribution in [0.2, 0.25) is 0 Å². The van der Waals surface area contributed by atoms with Gasteiger partial charge in [-0.25, -0.2) is 4.79 Å². The minimum atomic E-state index is -1.25. The summed E-state index contributed by atoms with van der Waals surface area (Å²) in [5.74, 6) is 1.14. The standard InChI is InChI=1S/C19H25N3O3/c1-14-9-10-22(12-14)16-7-5-15(6-8-16)21-18(23)20-13-19(2,24)17-4-3-11-25-17/h3-8,11,14,24H,9-10,12-13H2,1-2H3,(H2,20,21,23)/t14-,19+/m0/s1. The lowest BCUT2D eigenvalue weighted by atomic mass is 10.0. The number of aliphatic hydroxyl groups is 1. The number of urea groups is 1. The number of benzene rings is 1. The number of nitrogens with one attached hydrogen (secondary N) is 2. The van der Waals surface area contributed by atoms with Gasteiger partial charge < -0.3 is 25.1 Å². The third kappa shape index (κ3) is 4.33. The van der Waals surface area contributed by atoms with Gasteiger partial charge in [-0.05, 0) is 55.7 Å². The summed E-state index contributed by atoms with van der Waals surface area (Å²) in [6.45, 7) is 6.07. The fraction of sp³-hybridized carbons (Fsp3) is 0.421. The maximum absolute atomic E-state index is 12.0. The predicted molar refractivity (Wildman–Crippen MR) is 97.7 cm³/mol. The van der Waals surface area contributed by atoms with Crippen molar-refractivity contribution in [2.75, 3.05) is 29.9 Å². The van der Waals surface area contributed by atoms with Crippen molar-refractivity contribution in [3.05, 3.63) is 48.4 Å². The third-order valence-corrected chi connectivity index (χ3v) is 4.56. The van der Waals surface area contributed by atoms with E-state index in [9.17, 15) is 9.90 Å². The highest BCUT2D eigenvalue weighted by atomic mass is 16.4. The van der Waals surface area contributed by atoms with Gasteiger partial charge in [0.05, 0.1) is 12.8 Å². The summed E-state index contributed by atoms with van der Waals surface area (Å²) in [4.78, 5) is 14.4. The van der Waals surface area contributed by atoms with Gasteiger partial charge in [0, 0.05) is 24.5 Å². The molecule has 134 valence electrons. The molecule has 0 spiro atoms. The van der Waals surface area contributed by atoms with Gasteiger partial charge in [-0.1, -0.05) is 6.92 Å². The van der Waals surface area contributed by atoms with E-state index in [4.69, 9.17) is 4.42 Å². The molecule has 2 aromatic rings. The van der Waals surface area contributed by atoms with E-state index >= 15 is 0 Å². The third-order valence-electron chi connectivity index (χ3n) is 4.56. The van der Waals surface area contributed by atoms with Gasteiger partial charge in [0.15, 0.2) is 0 Å². The van der Waals surface area contributed by atoms with Gasteiger partial charge >= 0.3 is 6.03 Å². The summed E-state index contributed by atoms with van der Waals surface area (Å²) in [6, 6.07) is 10.8. The highest BCUT2D eigenvalue weighted by Crippen LogP contribution is 2.25. The SMILES string of the molecule is C[C@H]1CCN(c2ccc(NC(=O)NC[C@@](C)(O)c3ccco3)cc2)C1. The molecule has 0 saturated carbocycles. The minimum absolute atomic E-state index is 0.0517. The largest absolute Gasteiger partial charge is 0.466 e. The molecule has 1 aromatic carbocycles. The van der Waals surface area contributed by atoms with Crippen molar-refractivity contribution in [2.24, 2.45) is 5.92 Å². The van der Waals surface area contributed by atoms with E-state index < -0.39 is 5.60 Å². The van der Waals surface area contributed by atoms with Crippen molar-refractivity contribution in [1.29, 1.82) is 0 Å². The maximum Gasteiger partial charge on any atom is 0.319 e. The van der Waals surface area contributed by atoms with Gasteiger partial charge in [-0.2, -0.15) is 0 Å². The molecule has 3 rings (SSSR count). The average Bonchev–Trinajstić information content (AvgIpc) is 3.26. The number of hydrogen-bond acceptors (Lipinski definition) is 4. The molecule has 2 atom stereocenters. The van der Waals surface area contributed by atoms with Gasteiger partial charge in [0.1, 0.15) is 11.4 Å². The van der Waals surface area contributed by atoms with Crippen LogP contribution in [0.25, 0.3) is 0 Å². The second-order valence-corrected chi connectivity index (χ2v) is 6.95. The number of furan rings is 1. The number of nitrogens with zero attached hydrogens (tertiary/aromatic N) is 1. The topological polar surface area (TPSA) is 77.7 Å². The first-order valence-electron chi connectivity index (χ1n) is 8.60. The second kappa shape index (κ2) is 7.19. The molecule has 1 saturated heterocycles. The molecule has 3 N–H and O–H groups in total. The molecule has 0 unspecified atom stereocenters. The zero-order chi connectivity index (χ0) is 17.9. The zero-order valence-corrected chi connectivity index (χ0v) is 14.7. The molecule has 0 radical (unpaired) electrons. The Morgan fingerprint density at radius 2 is 2.12 bits per heavy atom. The highest BCUT2D eigenvalue weighted by molar-refractivity contribution is 5.89. The summed E-state index contributed by atoms with van der Waals surface area (Å²) in [5.41, 5.74) is 0.638. The molecule has 6 heteroatoms. The van der Waals surface area contributed by atoms with Crippen molar-refractivity contribution in [3.8, 4) is 0 Å². The second-order valence-electron chi connectivity index (χ2n) is 6.95. The fourth-order valence-electron chi connectivity index (χ4n) is 3.02. The van der Waals surface area contributed by atoms with E-state index in [1.165, 1.54) is 18.4 Å². The Hall–Kier alpha value is -2.47. The first-order chi connectivity index (χ1) is 11.9. The summed E-state index contributed by atoms with van der Waals surface area (Å²) < 4.78 is 5.19. The lowest BCUT2D eigenvalue weighted by molar-refractivity contribution is 0.0372. The van der Waals surface area contributed by atoms with E-state index in [0.29, 0.717) is 11.4 Å². The van der Waals surface area contributed by atoms with E-state index in [2.05, 4.69) is 22.5 Å². The lowest BCUT2D eigenvalue weighted by Gasteiger charge is -2.21. The first-order valence-corrected chi connectivity index (χ1v) is 8.60. The number of anilines is 2. The van der Waals surface area contributed by atoms with Gasteiger partial charge in [-0.3, -0.25) is 0 Å². The molecular weight excluding hydrogens is 318 g/mol. The van der Waals surface area contributed by atoms with E-state index in [1.54, 1.807) is 19.1 Å². The number of carbonyl (C=O) groups excluding carboxylic acids is 1. The van der Waals surface area contributed by atoms with Crippen LogP contribution in [-0.4, -0.2) is 30.8 Å². The summed E-state index contributed by atoms with van der Waals surface area (Å²) in [7, 11) is 0. The van der Waals surface area contributed by atoms with Gasteiger partial charge in [-0.15, -0.1) is 0 Å². The molecule has 1 aliphatic rings. The van der Waals surface area contributed by atoms with Crippen LogP contribution in [-0.2, 0) is 5.60 Å². The molecule has 0 aliphatic carbocycles. The quantitative estimate of drug-likeness (QED) is 0.779. The maximum atomic E-state index is 12.0. The number of rotatable bonds is 5. The Bertz CT molecular complexity index is 695. The van der Waals surface area contributed by atoms with E-state index in [-0.39, 0.29) is 12.6 Å². The van der Waals surface area contributed by atoms with Crippen LogP contribution in [0.4, 0.5) is 16.2 Å². The smallest absolute Gasteiger partial charge is 0.319 e. The summed E-state index contributed by atoms with van der Waals surface area (Å²) in [6.07, 6.45) is 2.71. The van der Waals surface area contributed by atoms with E-state index in [0.717, 1.165) is 19.0 Å². The van der Waals surface area contributed by atoms with Gasteiger partial charge in [0.2, 0.25) is 0 Å². The van der Waals surface area contributed by atoms with Crippen molar-refractivity contribution in [3.63, 3.8) is 0 Å².